The number of carbonyl (C=O) groups is 1. The lowest BCUT2D eigenvalue weighted by molar-refractivity contribution is 0.0108. The summed E-state index contributed by atoms with van der Waals surface area (Å²) >= 11 is 0. The molecule has 1 aromatic carbocycles. The van der Waals surface area contributed by atoms with E-state index in [1.54, 1.807) is 37.8 Å². The lowest BCUT2D eigenvalue weighted by Crippen LogP contribution is -2.63. The fraction of sp³-hybridized carbons (Fsp3) is 0.448. The van der Waals surface area contributed by atoms with Gasteiger partial charge in [0.15, 0.2) is 0 Å². The van der Waals surface area contributed by atoms with Crippen molar-refractivity contribution in [3.63, 3.8) is 0 Å². The molecule has 2 aromatic heterocycles. The first-order valence-electron chi connectivity index (χ1n) is 13.6. The van der Waals surface area contributed by atoms with Crippen LogP contribution in [0.2, 0.25) is 0 Å². The largest absolute Gasteiger partial charge is 0.495 e. The van der Waals surface area contributed by atoms with Gasteiger partial charge in [-0.15, -0.1) is 0 Å². The number of rotatable bonds is 7. The van der Waals surface area contributed by atoms with Crippen molar-refractivity contribution in [2.45, 2.75) is 37.3 Å². The Morgan fingerprint density at radius 3 is 2.56 bits per heavy atom. The Bertz CT molecular complexity index is 1290. The van der Waals surface area contributed by atoms with E-state index in [1.807, 2.05) is 23.2 Å². The monoisotopic (exact) mass is 532 g/mol. The van der Waals surface area contributed by atoms with Crippen LogP contribution in [0.15, 0.2) is 61.2 Å². The van der Waals surface area contributed by atoms with E-state index >= 15 is 0 Å². The first-order chi connectivity index (χ1) is 19.1. The minimum Gasteiger partial charge on any atom is -0.495 e. The number of ether oxygens (including phenoxy) is 2. The summed E-state index contributed by atoms with van der Waals surface area (Å²) in [7, 11) is 1.63. The maximum atomic E-state index is 14.1. The van der Waals surface area contributed by atoms with Gasteiger partial charge in [0.25, 0.3) is 5.91 Å². The molecule has 0 N–H and O–H groups in total. The molecule has 3 atom stereocenters. The van der Waals surface area contributed by atoms with Crippen molar-refractivity contribution in [2.24, 2.45) is 5.92 Å². The minimum atomic E-state index is -0.410. The number of pyridine rings is 1. The summed E-state index contributed by atoms with van der Waals surface area (Å²) in [5, 5.41) is 4.50. The zero-order valence-electron chi connectivity index (χ0n) is 22.0. The molecular formula is C29H33FN6O3. The van der Waals surface area contributed by atoms with Gasteiger partial charge in [0.1, 0.15) is 11.6 Å². The van der Waals surface area contributed by atoms with Crippen molar-refractivity contribution in [2.75, 3.05) is 45.0 Å². The minimum absolute atomic E-state index is 0.0402. The van der Waals surface area contributed by atoms with Gasteiger partial charge in [-0.1, -0.05) is 6.07 Å². The zero-order valence-corrected chi connectivity index (χ0v) is 22.0. The second-order valence-corrected chi connectivity index (χ2v) is 10.3. The Labute approximate surface area is 227 Å². The maximum Gasteiger partial charge on any atom is 0.254 e. The number of hydrogen-bond donors (Lipinski definition) is 0. The molecule has 2 aliphatic heterocycles. The number of aromatic nitrogens is 3. The highest BCUT2D eigenvalue weighted by molar-refractivity contribution is 5.94. The van der Waals surface area contributed by atoms with Gasteiger partial charge in [0.05, 0.1) is 32.6 Å². The molecule has 4 heterocycles. The number of carbonyl (C=O) groups excluding carboxylic acids is 1. The SMILES string of the molecule is COc1cncc(C2C(C3CC3)N(C(=O)c3cccc(F)c3)CCC2N(c2ncccn2)N2CCOCC2)c1. The molecule has 39 heavy (non-hydrogen) atoms. The van der Waals surface area contributed by atoms with Gasteiger partial charge >= 0.3 is 0 Å². The molecule has 1 aliphatic carbocycles. The highest BCUT2D eigenvalue weighted by atomic mass is 19.1. The predicted molar refractivity (Wildman–Crippen MR) is 143 cm³/mol. The van der Waals surface area contributed by atoms with Crippen molar-refractivity contribution in [1.82, 2.24) is 24.9 Å². The zero-order chi connectivity index (χ0) is 26.8. The van der Waals surface area contributed by atoms with Crippen LogP contribution in [0.5, 0.6) is 5.75 Å². The molecule has 3 aromatic rings. The molecule has 0 bridgehead atoms. The van der Waals surface area contributed by atoms with Crippen LogP contribution in [0.1, 0.15) is 41.1 Å². The van der Waals surface area contributed by atoms with Crippen LogP contribution in [-0.4, -0.2) is 82.8 Å². The Hall–Kier alpha value is -3.63. The van der Waals surface area contributed by atoms with E-state index in [4.69, 9.17) is 9.47 Å². The number of amides is 1. The first-order valence-corrected chi connectivity index (χ1v) is 13.6. The highest BCUT2D eigenvalue weighted by Crippen LogP contribution is 2.48. The van der Waals surface area contributed by atoms with E-state index < -0.39 is 5.82 Å². The third-order valence-electron chi connectivity index (χ3n) is 7.96. The number of hydrogen-bond acceptors (Lipinski definition) is 8. The Kier molecular flexibility index (Phi) is 7.38. The number of piperidine rings is 1. The van der Waals surface area contributed by atoms with Crippen molar-refractivity contribution in [1.29, 1.82) is 0 Å². The van der Waals surface area contributed by atoms with E-state index in [0.717, 1.165) is 31.5 Å². The molecular weight excluding hydrogens is 499 g/mol. The molecule has 10 heteroatoms. The lowest BCUT2D eigenvalue weighted by Gasteiger charge is -2.52. The van der Waals surface area contributed by atoms with Crippen molar-refractivity contribution in [3.8, 4) is 5.75 Å². The summed E-state index contributed by atoms with van der Waals surface area (Å²) in [5.41, 5.74) is 1.38. The number of nitrogens with zero attached hydrogens (tertiary/aromatic N) is 6. The molecule has 0 spiro atoms. The summed E-state index contributed by atoms with van der Waals surface area (Å²) < 4.78 is 25.4. The number of hydrazine groups is 1. The van der Waals surface area contributed by atoms with Crippen LogP contribution in [0.25, 0.3) is 0 Å². The molecule has 1 saturated carbocycles. The normalized spacial score (nSPS) is 23.8. The van der Waals surface area contributed by atoms with Gasteiger partial charge in [-0.3, -0.25) is 14.8 Å². The van der Waals surface area contributed by atoms with Crippen LogP contribution in [0, 0.1) is 11.7 Å². The molecule has 0 radical (unpaired) electrons. The van der Waals surface area contributed by atoms with E-state index in [2.05, 4.69) is 25.0 Å². The van der Waals surface area contributed by atoms with Crippen LogP contribution in [0.3, 0.4) is 0 Å². The van der Waals surface area contributed by atoms with Crippen molar-refractivity contribution >= 4 is 11.9 Å². The first kappa shape index (κ1) is 25.6. The van der Waals surface area contributed by atoms with Gasteiger partial charge in [0.2, 0.25) is 5.95 Å². The van der Waals surface area contributed by atoms with E-state index in [0.29, 0.717) is 49.4 Å². The van der Waals surface area contributed by atoms with Gasteiger partial charge in [-0.25, -0.2) is 19.4 Å². The summed E-state index contributed by atoms with van der Waals surface area (Å²) in [4.78, 5) is 29.7. The molecule has 3 aliphatic rings. The Balaban J connectivity index is 1.45. The van der Waals surface area contributed by atoms with Gasteiger partial charge < -0.3 is 14.4 Å². The number of likely N-dealkylation sites (tertiary alicyclic amines) is 1. The molecule has 2 saturated heterocycles. The fourth-order valence-electron chi connectivity index (χ4n) is 6.12. The number of methoxy groups -OCH3 is 1. The number of benzene rings is 1. The summed E-state index contributed by atoms with van der Waals surface area (Å²) in [6.45, 7) is 3.23. The third-order valence-corrected chi connectivity index (χ3v) is 7.96. The Morgan fingerprint density at radius 2 is 1.85 bits per heavy atom. The molecule has 3 unspecified atom stereocenters. The van der Waals surface area contributed by atoms with Gasteiger partial charge in [-0.05, 0) is 61.1 Å². The van der Waals surface area contributed by atoms with Gasteiger partial charge in [-0.2, -0.15) is 0 Å². The number of anilines is 1. The van der Waals surface area contributed by atoms with Crippen LogP contribution >= 0.6 is 0 Å². The standard InChI is InChI=1S/C29H33FN6O3/c1-38-24-17-22(18-31-19-24)26-25(36(29-32-9-3-10-33-29)34-12-14-39-15-13-34)8-11-35(27(26)20-6-7-20)28(37)21-4-2-5-23(30)16-21/h2-5,9-10,16-20,25-27H,6-8,11-15H2,1H3. The summed E-state index contributed by atoms with van der Waals surface area (Å²) in [5.74, 6) is 0.988. The molecule has 3 fully saturated rings. The van der Waals surface area contributed by atoms with Crippen LogP contribution in [0.4, 0.5) is 10.3 Å². The van der Waals surface area contributed by atoms with E-state index in [9.17, 15) is 9.18 Å². The average Bonchev–Trinajstić information content (AvgIpc) is 3.83. The van der Waals surface area contributed by atoms with E-state index in [1.165, 1.54) is 12.1 Å². The summed E-state index contributed by atoms with van der Waals surface area (Å²) in [6.07, 6.45) is 9.87. The second kappa shape index (κ2) is 11.2. The highest BCUT2D eigenvalue weighted by Gasteiger charge is 2.51. The smallest absolute Gasteiger partial charge is 0.254 e. The number of morpholine rings is 1. The van der Waals surface area contributed by atoms with Crippen molar-refractivity contribution < 1.29 is 18.7 Å². The topological polar surface area (TPSA) is 83.9 Å². The quantitative estimate of drug-likeness (QED) is 0.457. The third kappa shape index (κ3) is 5.31. The molecule has 204 valence electrons. The maximum absolute atomic E-state index is 14.1. The Morgan fingerprint density at radius 1 is 1.05 bits per heavy atom. The van der Waals surface area contributed by atoms with Crippen LogP contribution in [-0.2, 0) is 4.74 Å². The molecule has 6 rings (SSSR count). The predicted octanol–water partition coefficient (Wildman–Crippen LogP) is 3.55. The second-order valence-electron chi connectivity index (χ2n) is 10.3. The van der Waals surface area contributed by atoms with Crippen LogP contribution < -0.4 is 9.75 Å². The fourth-order valence-corrected chi connectivity index (χ4v) is 6.12. The summed E-state index contributed by atoms with van der Waals surface area (Å²) in [6, 6.07) is 9.70. The van der Waals surface area contributed by atoms with Gasteiger partial charge in [0, 0.05) is 55.7 Å². The van der Waals surface area contributed by atoms with E-state index in [-0.39, 0.29) is 23.9 Å². The molecule has 9 nitrogen and oxygen atoms in total. The van der Waals surface area contributed by atoms with Crippen molar-refractivity contribution in [3.05, 3.63) is 78.1 Å². The average molecular weight is 533 g/mol. The lowest BCUT2D eigenvalue weighted by atomic mass is 9.77. The number of halogens is 1. The molecule has 1 amide bonds.